The molecule has 0 N–H and O–H groups in total. The van der Waals surface area contributed by atoms with Gasteiger partial charge in [0.25, 0.3) is 0 Å². The van der Waals surface area contributed by atoms with Crippen molar-refractivity contribution in [2.24, 2.45) is 10.00 Å². The normalized spacial score (nSPS) is 13.5. The standard InChI is InChI=1S/C10H23N2O2P/c1-4-7-11-12-15(3)14-10-6-9-13-8-5-2/h4-10H2,1-3H3/b12-11+. The predicted molar refractivity (Wildman–Crippen MR) is 64.5 cm³/mol. The van der Waals surface area contributed by atoms with Gasteiger partial charge in [-0.25, -0.2) is 0 Å². The molecule has 0 fully saturated rings. The summed E-state index contributed by atoms with van der Waals surface area (Å²) >= 11 is 0. The summed E-state index contributed by atoms with van der Waals surface area (Å²) in [5.41, 5.74) is 0. The van der Waals surface area contributed by atoms with E-state index in [0.29, 0.717) is 0 Å². The SMILES string of the molecule is CCC/N=N/P(C)OCCCOCCC. The largest absolute Gasteiger partial charge is 0.381 e. The van der Waals surface area contributed by atoms with Crippen LogP contribution in [-0.4, -0.2) is 33.0 Å². The first-order valence-corrected chi connectivity index (χ1v) is 7.29. The van der Waals surface area contributed by atoms with Crippen molar-refractivity contribution in [2.75, 3.05) is 33.0 Å². The Kier molecular flexibility index (Phi) is 12.0. The van der Waals surface area contributed by atoms with Crippen LogP contribution in [0.25, 0.3) is 0 Å². The summed E-state index contributed by atoms with van der Waals surface area (Å²) in [5, 5.41) is 4.02. The maximum atomic E-state index is 5.49. The third-order valence-corrected chi connectivity index (χ3v) is 2.51. The second-order valence-corrected chi connectivity index (χ2v) is 4.58. The van der Waals surface area contributed by atoms with Crippen molar-refractivity contribution in [3.63, 3.8) is 0 Å². The fourth-order valence-corrected chi connectivity index (χ4v) is 1.58. The van der Waals surface area contributed by atoms with Crippen LogP contribution in [0.1, 0.15) is 33.1 Å². The van der Waals surface area contributed by atoms with E-state index in [1.165, 1.54) is 0 Å². The molecule has 0 radical (unpaired) electrons. The van der Waals surface area contributed by atoms with Gasteiger partial charge in [-0.2, -0.15) is 5.11 Å². The first kappa shape index (κ1) is 14.9. The highest BCUT2D eigenvalue weighted by Crippen LogP contribution is 2.33. The Morgan fingerprint density at radius 2 is 1.87 bits per heavy atom. The lowest BCUT2D eigenvalue weighted by molar-refractivity contribution is 0.122. The van der Waals surface area contributed by atoms with Crippen molar-refractivity contribution in [1.82, 2.24) is 0 Å². The van der Waals surface area contributed by atoms with Gasteiger partial charge in [-0.3, -0.25) is 0 Å². The minimum absolute atomic E-state index is 0.714. The van der Waals surface area contributed by atoms with Crippen LogP contribution in [0.4, 0.5) is 0 Å². The number of hydrogen-bond acceptors (Lipinski definition) is 4. The first-order chi connectivity index (χ1) is 7.31. The molecule has 0 heterocycles. The number of hydrogen-bond donors (Lipinski definition) is 0. The molecule has 0 aliphatic heterocycles. The van der Waals surface area contributed by atoms with E-state index in [4.69, 9.17) is 9.26 Å². The molecule has 1 unspecified atom stereocenters. The zero-order valence-corrected chi connectivity index (χ0v) is 11.0. The van der Waals surface area contributed by atoms with E-state index in [1.54, 1.807) is 0 Å². The van der Waals surface area contributed by atoms with E-state index in [0.717, 1.165) is 45.6 Å². The molecule has 0 aromatic heterocycles. The predicted octanol–water partition coefficient (Wildman–Crippen LogP) is 3.62. The molecule has 90 valence electrons. The molecular weight excluding hydrogens is 211 g/mol. The molecule has 0 aromatic rings. The highest BCUT2D eigenvalue weighted by atomic mass is 31.2. The zero-order chi connectivity index (χ0) is 11.4. The van der Waals surface area contributed by atoms with Gasteiger partial charge in [0.1, 0.15) is 0 Å². The molecule has 15 heavy (non-hydrogen) atoms. The molecule has 0 rings (SSSR count). The number of ether oxygens (including phenoxy) is 1. The van der Waals surface area contributed by atoms with Gasteiger partial charge in [0, 0.05) is 19.9 Å². The van der Waals surface area contributed by atoms with E-state index in [1.807, 2.05) is 6.66 Å². The first-order valence-electron chi connectivity index (χ1n) is 5.63. The lowest BCUT2D eigenvalue weighted by atomic mass is 10.5. The molecule has 0 spiro atoms. The average molecular weight is 234 g/mol. The number of nitrogens with zero attached hydrogens (tertiary/aromatic N) is 2. The minimum atomic E-state index is -0.714. The second kappa shape index (κ2) is 12.0. The minimum Gasteiger partial charge on any atom is -0.381 e. The summed E-state index contributed by atoms with van der Waals surface area (Å²) in [6.45, 7) is 9.31. The van der Waals surface area contributed by atoms with E-state index in [-0.39, 0.29) is 0 Å². The Bertz CT molecular complexity index is 156. The second-order valence-electron chi connectivity index (χ2n) is 3.22. The summed E-state index contributed by atoms with van der Waals surface area (Å²) < 4.78 is 10.8. The van der Waals surface area contributed by atoms with Crippen LogP contribution in [0, 0.1) is 0 Å². The Morgan fingerprint density at radius 3 is 2.53 bits per heavy atom. The molecule has 0 aliphatic carbocycles. The van der Waals surface area contributed by atoms with E-state index < -0.39 is 8.30 Å². The van der Waals surface area contributed by atoms with Gasteiger partial charge in [-0.15, -0.1) is 4.88 Å². The van der Waals surface area contributed by atoms with Gasteiger partial charge < -0.3 is 9.26 Å². The highest BCUT2D eigenvalue weighted by Gasteiger charge is 1.98. The summed E-state index contributed by atoms with van der Waals surface area (Å²) in [6.07, 6.45) is 3.06. The molecule has 0 saturated heterocycles. The van der Waals surface area contributed by atoms with Crippen molar-refractivity contribution >= 4 is 8.30 Å². The quantitative estimate of drug-likeness (QED) is 0.329. The summed E-state index contributed by atoms with van der Waals surface area (Å²) in [5.74, 6) is 0. The molecule has 4 nitrogen and oxygen atoms in total. The maximum absolute atomic E-state index is 5.49. The Balaban J connectivity index is 3.19. The van der Waals surface area contributed by atoms with Gasteiger partial charge >= 0.3 is 0 Å². The third kappa shape index (κ3) is 11.9. The zero-order valence-electron chi connectivity index (χ0n) is 10.1. The third-order valence-electron chi connectivity index (χ3n) is 1.57. The van der Waals surface area contributed by atoms with Gasteiger partial charge in [0.15, 0.2) is 8.30 Å². The molecular formula is C10H23N2O2P. The van der Waals surface area contributed by atoms with Crippen molar-refractivity contribution < 1.29 is 9.26 Å². The topological polar surface area (TPSA) is 43.2 Å². The molecule has 1 atom stereocenters. The summed E-state index contributed by atoms with van der Waals surface area (Å²) in [6, 6.07) is 0. The fraction of sp³-hybridized carbons (Fsp3) is 1.00. The van der Waals surface area contributed by atoms with Crippen molar-refractivity contribution in [1.29, 1.82) is 0 Å². The van der Waals surface area contributed by atoms with E-state index in [9.17, 15) is 0 Å². The van der Waals surface area contributed by atoms with Crippen LogP contribution in [-0.2, 0) is 9.26 Å². The Hall–Kier alpha value is -0.0500. The van der Waals surface area contributed by atoms with Gasteiger partial charge in [0.05, 0.1) is 13.2 Å². The molecule has 0 aliphatic rings. The maximum Gasteiger partial charge on any atom is 0.173 e. The van der Waals surface area contributed by atoms with Crippen LogP contribution >= 0.6 is 8.30 Å². The van der Waals surface area contributed by atoms with Crippen LogP contribution in [0.15, 0.2) is 10.00 Å². The molecule has 0 bridgehead atoms. The van der Waals surface area contributed by atoms with E-state index in [2.05, 4.69) is 23.8 Å². The fourth-order valence-electron chi connectivity index (χ4n) is 0.864. The monoisotopic (exact) mass is 234 g/mol. The summed E-state index contributed by atoms with van der Waals surface area (Å²) in [7, 11) is -0.714. The lowest BCUT2D eigenvalue weighted by Gasteiger charge is -2.06. The van der Waals surface area contributed by atoms with Crippen molar-refractivity contribution in [3.8, 4) is 0 Å². The van der Waals surface area contributed by atoms with Crippen molar-refractivity contribution in [2.45, 2.75) is 33.1 Å². The average Bonchev–Trinajstić information content (AvgIpc) is 2.23. The molecule has 0 aromatic carbocycles. The Morgan fingerprint density at radius 1 is 1.07 bits per heavy atom. The Labute approximate surface area is 94.3 Å². The molecule has 5 heteroatoms. The highest BCUT2D eigenvalue weighted by molar-refractivity contribution is 7.49. The van der Waals surface area contributed by atoms with Crippen molar-refractivity contribution in [3.05, 3.63) is 0 Å². The molecule has 0 amide bonds. The van der Waals surface area contributed by atoms with Crippen LogP contribution in [0.3, 0.4) is 0 Å². The van der Waals surface area contributed by atoms with E-state index >= 15 is 0 Å². The number of rotatable bonds is 10. The van der Waals surface area contributed by atoms with Gasteiger partial charge in [0.2, 0.25) is 0 Å². The van der Waals surface area contributed by atoms with Gasteiger partial charge in [-0.1, -0.05) is 13.8 Å². The summed E-state index contributed by atoms with van der Waals surface area (Å²) in [4.78, 5) is 4.07. The van der Waals surface area contributed by atoms with Crippen LogP contribution in [0.2, 0.25) is 0 Å². The van der Waals surface area contributed by atoms with Crippen LogP contribution < -0.4 is 0 Å². The smallest absolute Gasteiger partial charge is 0.173 e. The van der Waals surface area contributed by atoms with Crippen LogP contribution in [0.5, 0.6) is 0 Å². The lowest BCUT2D eigenvalue weighted by Crippen LogP contribution is -1.99. The molecule has 0 saturated carbocycles. The van der Waals surface area contributed by atoms with Gasteiger partial charge in [-0.05, 0) is 19.3 Å².